The van der Waals surface area contributed by atoms with E-state index in [9.17, 15) is 9.50 Å². The maximum absolute atomic E-state index is 12.9. The Morgan fingerprint density at radius 1 is 1.28 bits per heavy atom. The van der Waals surface area contributed by atoms with Crippen molar-refractivity contribution >= 4 is 5.96 Å². The Bertz CT molecular complexity index is 670. The van der Waals surface area contributed by atoms with Gasteiger partial charge in [-0.15, -0.1) is 10.2 Å². The van der Waals surface area contributed by atoms with Crippen molar-refractivity contribution in [3.63, 3.8) is 0 Å². The lowest BCUT2D eigenvalue weighted by molar-refractivity contribution is 0.187. The third-order valence-electron chi connectivity index (χ3n) is 3.68. The molecule has 2 rings (SSSR count). The normalized spacial score (nSPS) is 12.9. The molecule has 0 saturated heterocycles. The fraction of sp³-hybridized carbons (Fsp3) is 0.471. The highest BCUT2D eigenvalue weighted by atomic mass is 19.1. The minimum absolute atomic E-state index is 0.188. The number of nitrogens with one attached hydrogen (secondary N) is 2. The number of halogens is 1. The molecule has 1 unspecified atom stereocenters. The average molecular weight is 348 g/mol. The van der Waals surface area contributed by atoms with Crippen molar-refractivity contribution < 1.29 is 9.50 Å². The Hall–Kier alpha value is -2.48. The van der Waals surface area contributed by atoms with E-state index in [0.717, 1.165) is 18.8 Å². The molecule has 0 saturated carbocycles. The quantitative estimate of drug-likeness (QED) is 0.494. The Kier molecular flexibility index (Phi) is 7.34. The van der Waals surface area contributed by atoms with Gasteiger partial charge in [-0.2, -0.15) is 0 Å². The molecule has 25 heavy (non-hydrogen) atoms. The summed E-state index contributed by atoms with van der Waals surface area (Å²) in [5, 5.41) is 24.5. The Labute approximate surface area is 147 Å². The molecule has 0 spiro atoms. The van der Waals surface area contributed by atoms with Gasteiger partial charge in [0.15, 0.2) is 5.96 Å². The number of aliphatic hydroxyl groups excluding tert-OH is 1. The van der Waals surface area contributed by atoms with E-state index in [0.29, 0.717) is 24.6 Å². The number of rotatable bonds is 8. The van der Waals surface area contributed by atoms with Crippen LogP contribution in [0.25, 0.3) is 0 Å². The number of benzene rings is 1. The van der Waals surface area contributed by atoms with Gasteiger partial charge in [0.05, 0.1) is 12.6 Å². The van der Waals surface area contributed by atoms with Gasteiger partial charge in [0, 0.05) is 26.1 Å². The monoisotopic (exact) mass is 348 g/mol. The van der Waals surface area contributed by atoms with Gasteiger partial charge in [0.2, 0.25) is 0 Å². The molecule has 0 bridgehead atoms. The molecular formula is C17H25FN6O. The second-order valence-electron chi connectivity index (χ2n) is 5.51. The Morgan fingerprint density at radius 2 is 2.04 bits per heavy atom. The van der Waals surface area contributed by atoms with Crippen molar-refractivity contribution in [3.8, 4) is 0 Å². The summed E-state index contributed by atoms with van der Waals surface area (Å²) in [7, 11) is 0. The molecule has 0 radical (unpaired) electrons. The first-order chi connectivity index (χ1) is 12.1. The maximum atomic E-state index is 12.9. The molecule has 0 amide bonds. The van der Waals surface area contributed by atoms with Crippen molar-refractivity contribution in [3.05, 3.63) is 47.8 Å². The van der Waals surface area contributed by atoms with Crippen LogP contribution >= 0.6 is 0 Å². The molecule has 7 nitrogen and oxygen atoms in total. The number of nitrogens with zero attached hydrogens (tertiary/aromatic N) is 4. The predicted molar refractivity (Wildman–Crippen MR) is 94.7 cm³/mol. The van der Waals surface area contributed by atoms with E-state index in [1.165, 1.54) is 12.1 Å². The summed E-state index contributed by atoms with van der Waals surface area (Å²) in [4.78, 5) is 4.38. The fourth-order valence-corrected chi connectivity index (χ4v) is 2.34. The summed E-state index contributed by atoms with van der Waals surface area (Å²) in [5.74, 6) is 1.24. The Balaban J connectivity index is 1.88. The molecule has 2 aromatic rings. The molecular weight excluding hydrogens is 323 g/mol. The predicted octanol–water partition coefficient (Wildman–Crippen LogP) is 1.27. The van der Waals surface area contributed by atoms with Gasteiger partial charge in [0.1, 0.15) is 18.0 Å². The van der Waals surface area contributed by atoms with Gasteiger partial charge in [-0.05, 0) is 24.6 Å². The highest BCUT2D eigenvalue weighted by Crippen LogP contribution is 2.13. The van der Waals surface area contributed by atoms with Crippen LogP contribution in [0.5, 0.6) is 0 Å². The third-order valence-corrected chi connectivity index (χ3v) is 3.68. The van der Waals surface area contributed by atoms with Gasteiger partial charge in [0.25, 0.3) is 0 Å². The van der Waals surface area contributed by atoms with Gasteiger partial charge in [-0.3, -0.25) is 4.99 Å². The molecule has 0 aliphatic heterocycles. The van der Waals surface area contributed by atoms with E-state index >= 15 is 0 Å². The lowest BCUT2D eigenvalue weighted by Crippen LogP contribution is -2.39. The van der Waals surface area contributed by atoms with Gasteiger partial charge >= 0.3 is 0 Å². The number of hydrogen-bond donors (Lipinski definition) is 3. The minimum atomic E-state index is -0.777. The lowest BCUT2D eigenvalue weighted by Gasteiger charge is -2.14. The van der Waals surface area contributed by atoms with Crippen LogP contribution in [0.15, 0.2) is 35.6 Å². The largest absolute Gasteiger partial charge is 0.386 e. The summed E-state index contributed by atoms with van der Waals surface area (Å²) < 4.78 is 14.9. The average Bonchev–Trinajstić information content (AvgIpc) is 3.07. The van der Waals surface area contributed by atoms with E-state index in [4.69, 9.17) is 0 Å². The topological polar surface area (TPSA) is 87.4 Å². The van der Waals surface area contributed by atoms with E-state index in [1.807, 2.05) is 18.4 Å². The summed E-state index contributed by atoms with van der Waals surface area (Å²) in [6.07, 6.45) is 1.77. The third kappa shape index (κ3) is 5.82. The summed E-state index contributed by atoms with van der Waals surface area (Å²) in [6, 6.07) is 5.79. The Morgan fingerprint density at radius 3 is 2.72 bits per heavy atom. The number of aliphatic imine (C=N–C) groups is 1. The molecule has 136 valence electrons. The molecule has 1 atom stereocenters. The molecule has 1 aromatic heterocycles. The molecule has 8 heteroatoms. The summed E-state index contributed by atoms with van der Waals surface area (Å²) in [5.41, 5.74) is 0.637. The van der Waals surface area contributed by atoms with Gasteiger partial charge < -0.3 is 20.3 Å². The van der Waals surface area contributed by atoms with E-state index in [2.05, 4.69) is 25.8 Å². The van der Waals surface area contributed by atoms with E-state index in [1.54, 1.807) is 18.5 Å². The number of guanidine groups is 1. The molecule has 1 heterocycles. The molecule has 0 aliphatic carbocycles. The van der Waals surface area contributed by atoms with Crippen LogP contribution in [0.2, 0.25) is 0 Å². The first-order valence-corrected chi connectivity index (χ1v) is 8.46. The first kappa shape index (κ1) is 18.9. The van der Waals surface area contributed by atoms with Crippen molar-refractivity contribution in [2.24, 2.45) is 4.99 Å². The van der Waals surface area contributed by atoms with Crippen molar-refractivity contribution in [1.29, 1.82) is 0 Å². The summed E-state index contributed by atoms with van der Waals surface area (Å²) >= 11 is 0. The zero-order chi connectivity index (χ0) is 18.1. The van der Waals surface area contributed by atoms with Crippen LogP contribution in [-0.4, -0.2) is 45.5 Å². The maximum Gasteiger partial charge on any atom is 0.191 e. The number of aryl methyl sites for hydroxylation is 1. The first-order valence-electron chi connectivity index (χ1n) is 8.46. The standard InChI is InChI=1S/C17H25FN6O/c1-3-16-23-22-12-24(16)10-9-20-17(19-4-2)21-11-15(25)13-5-7-14(18)8-6-13/h5-8,12,15,25H,3-4,9-11H2,1-2H3,(H2,19,20,21). The van der Waals surface area contributed by atoms with E-state index in [-0.39, 0.29) is 12.4 Å². The van der Waals surface area contributed by atoms with Crippen molar-refractivity contribution in [2.45, 2.75) is 32.9 Å². The molecule has 1 aromatic carbocycles. The second-order valence-corrected chi connectivity index (χ2v) is 5.51. The van der Waals surface area contributed by atoms with Gasteiger partial charge in [-0.1, -0.05) is 19.1 Å². The fourth-order valence-electron chi connectivity index (χ4n) is 2.34. The van der Waals surface area contributed by atoms with Crippen molar-refractivity contribution in [1.82, 2.24) is 25.4 Å². The molecule has 0 aliphatic rings. The van der Waals surface area contributed by atoms with Crippen LogP contribution in [0.4, 0.5) is 4.39 Å². The van der Waals surface area contributed by atoms with Crippen molar-refractivity contribution in [2.75, 3.05) is 19.6 Å². The van der Waals surface area contributed by atoms with Crippen LogP contribution in [0, 0.1) is 5.82 Å². The van der Waals surface area contributed by atoms with Gasteiger partial charge in [-0.25, -0.2) is 4.39 Å². The molecule has 0 fully saturated rings. The van der Waals surface area contributed by atoms with Crippen LogP contribution in [-0.2, 0) is 13.0 Å². The highest BCUT2D eigenvalue weighted by Gasteiger charge is 2.08. The number of aromatic nitrogens is 3. The lowest BCUT2D eigenvalue weighted by atomic mass is 10.1. The number of hydrogen-bond acceptors (Lipinski definition) is 4. The summed E-state index contributed by atoms with van der Waals surface area (Å²) in [6.45, 7) is 6.29. The number of aliphatic hydroxyl groups is 1. The SMILES string of the molecule is CCNC(=NCC(O)c1ccc(F)cc1)NCCn1cnnc1CC. The minimum Gasteiger partial charge on any atom is -0.386 e. The van der Waals surface area contributed by atoms with E-state index < -0.39 is 6.10 Å². The highest BCUT2D eigenvalue weighted by molar-refractivity contribution is 5.79. The van der Waals surface area contributed by atoms with Crippen LogP contribution < -0.4 is 10.6 Å². The molecule has 3 N–H and O–H groups in total. The smallest absolute Gasteiger partial charge is 0.191 e. The van der Waals surface area contributed by atoms with Crippen LogP contribution in [0.1, 0.15) is 31.3 Å². The van der Waals surface area contributed by atoms with Crippen LogP contribution in [0.3, 0.4) is 0 Å². The zero-order valence-electron chi connectivity index (χ0n) is 14.6. The second kappa shape index (κ2) is 9.73. The zero-order valence-corrected chi connectivity index (χ0v) is 14.6.